The third-order valence-electron chi connectivity index (χ3n) is 3.34. The van der Waals surface area contributed by atoms with E-state index in [-0.39, 0.29) is 25.2 Å². The minimum atomic E-state index is -0.919. The molecular formula is C16H23NO4. The van der Waals surface area contributed by atoms with Gasteiger partial charge in [0.25, 0.3) is 0 Å². The number of benzene rings is 1. The van der Waals surface area contributed by atoms with E-state index in [0.717, 1.165) is 11.1 Å². The van der Waals surface area contributed by atoms with Crippen molar-refractivity contribution in [1.29, 1.82) is 0 Å². The number of carboxylic acids is 1. The summed E-state index contributed by atoms with van der Waals surface area (Å²) >= 11 is 0. The zero-order chi connectivity index (χ0) is 15.8. The average Bonchev–Trinajstić information content (AvgIpc) is 2.41. The van der Waals surface area contributed by atoms with Crippen molar-refractivity contribution in [3.05, 3.63) is 34.9 Å². The Balaban J connectivity index is 2.83. The number of rotatable bonds is 9. The summed E-state index contributed by atoms with van der Waals surface area (Å²) in [6.45, 7) is 4.36. The summed E-state index contributed by atoms with van der Waals surface area (Å²) in [6, 6.07) is 5.07. The highest BCUT2D eigenvalue weighted by molar-refractivity contribution is 6.01. The minimum absolute atomic E-state index is 0.0381. The summed E-state index contributed by atoms with van der Waals surface area (Å²) in [5.74, 6) is -1.01. The molecule has 0 bridgehead atoms. The lowest BCUT2D eigenvalue weighted by molar-refractivity contribution is -0.137. The molecule has 0 saturated carbocycles. The van der Waals surface area contributed by atoms with E-state index in [1.54, 1.807) is 6.07 Å². The van der Waals surface area contributed by atoms with Gasteiger partial charge < -0.3 is 15.5 Å². The van der Waals surface area contributed by atoms with Crippen molar-refractivity contribution in [2.24, 2.45) is 0 Å². The number of carboxylic acid groups (broad SMARTS) is 1. The van der Waals surface area contributed by atoms with Crippen LogP contribution in [0.25, 0.3) is 0 Å². The molecule has 1 atom stereocenters. The van der Waals surface area contributed by atoms with Crippen LogP contribution < -0.4 is 5.32 Å². The molecule has 0 heterocycles. The fourth-order valence-corrected chi connectivity index (χ4v) is 2.23. The highest BCUT2D eigenvalue weighted by atomic mass is 16.4. The average molecular weight is 293 g/mol. The molecule has 0 spiro atoms. The third-order valence-corrected chi connectivity index (χ3v) is 3.34. The summed E-state index contributed by atoms with van der Waals surface area (Å²) in [5.41, 5.74) is 2.59. The van der Waals surface area contributed by atoms with Gasteiger partial charge >= 0.3 is 5.97 Å². The van der Waals surface area contributed by atoms with Crippen molar-refractivity contribution < 1.29 is 19.8 Å². The van der Waals surface area contributed by atoms with E-state index in [9.17, 15) is 9.59 Å². The molecule has 0 aliphatic heterocycles. The Bertz CT molecular complexity index is 499. The van der Waals surface area contributed by atoms with Gasteiger partial charge in [0.1, 0.15) is 0 Å². The maximum atomic E-state index is 12.6. The molecule has 1 rings (SSSR count). The number of nitrogens with one attached hydrogen (secondary N) is 1. The van der Waals surface area contributed by atoms with Crippen LogP contribution in [0.1, 0.15) is 40.7 Å². The predicted molar refractivity (Wildman–Crippen MR) is 80.6 cm³/mol. The zero-order valence-electron chi connectivity index (χ0n) is 12.6. The summed E-state index contributed by atoms with van der Waals surface area (Å²) in [7, 11) is 0. The first kappa shape index (κ1) is 17.3. The van der Waals surface area contributed by atoms with E-state index in [2.05, 4.69) is 5.32 Å². The van der Waals surface area contributed by atoms with Crippen molar-refractivity contribution in [2.75, 3.05) is 13.2 Å². The lowest BCUT2D eigenvalue weighted by Gasteiger charge is -2.18. The van der Waals surface area contributed by atoms with Gasteiger partial charge in [-0.25, -0.2) is 0 Å². The molecule has 0 fully saturated rings. The second-order valence-corrected chi connectivity index (χ2v) is 5.20. The Morgan fingerprint density at radius 2 is 2.00 bits per heavy atom. The molecule has 0 aromatic heterocycles. The summed E-state index contributed by atoms with van der Waals surface area (Å²) in [4.78, 5) is 23.3. The Labute approximate surface area is 125 Å². The van der Waals surface area contributed by atoms with Gasteiger partial charge in [-0.1, -0.05) is 23.8 Å². The number of aliphatic hydroxyl groups excluding tert-OH is 1. The summed E-state index contributed by atoms with van der Waals surface area (Å²) < 4.78 is 0. The van der Waals surface area contributed by atoms with E-state index in [1.807, 2.05) is 26.0 Å². The SMILES string of the molecule is Cc1ccc(C(=O)C(CCC(=O)O)NCCCO)c(C)c1. The molecule has 5 heteroatoms. The van der Waals surface area contributed by atoms with E-state index in [4.69, 9.17) is 10.2 Å². The molecule has 3 N–H and O–H groups in total. The maximum Gasteiger partial charge on any atom is 0.303 e. The Morgan fingerprint density at radius 1 is 1.29 bits per heavy atom. The second kappa shape index (κ2) is 8.54. The molecule has 0 radical (unpaired) electrons. The molecule has 21 heavy (non-hydrogen) atoms. The van der Waals surface area contributed by atoms with Crippen LogP contribution in [0.5, 0.6) is 0 Å². The van der Waals surface area contributed by atoms with Crippen LogP contribution in [0, 0.1) is 13.8 Å². The lowest BCUT2D eigenvalue weighted by atomic mass is 9.95. The van der Waals surface area contributed by atoms with Crippen LogP contribution in [-0.2, 0) is 4.79 Å². The van der Waals surface area contributed by atoms with E-state index < -0.39 is 12.0 Å². The molecule has 116 valence electrons. The molecule has 1 unspecified atom stereocenters. The van der Waals surface area contributed by atoms with Crippen molar-refractivity contribution in [3.63, 3.8) is 0 Å². The minimum Gasteiger partial charge on any atom is -0.481 e. The molecule has 0 amide bonds. The largest absolute Gasteiger partial charge is 0.481 e. The van der Waals surface area contributed by atoms with Gasteiger partial charge in [-0.05, 0) is 38.8 Å². The van der Waals surface area contributed by atoms with Crippen LogP contribution in [-0.4, -0.2) is 41.2 Å². The van der Waals surface area contributed by atoms with Gasteiger partial charge in [0.2, 0.25) is 0 Å². The van der Waals surface area contributed by atoms with Crippen molar-refractivity contribution in [1.82, 2.24) is 5.32 Å². The van der Waals surface area contributed by atoms with Gasteiger partial charge in [-0.2, -0.15) is 0 Å². The fourth-order valence-electron chi connectivity index (χ4n) is 2.23. The monoisotopic (exact) mass is 293 g/mol. The predicted octanol–water partition coefficient (Wildman–Crippen LogP) is 1.69. The Kier molecular flexibility index (Phi) is 7.05. The van der Waals surface area contributed by atoms with Gasteiger partial charge in [-0.3, -0.25) is 9.59 Å². The van der Waals surface area contributed by atoms with E-state index in [1.165, 1.54) is 0 Å². The molecule has 5 nitrogen and oxygen atoms in total. The number of hydrogen-bond acceptors (Lipinski definition) is 4. The number of aryl methyl sites for hydroxylation is 2. The molecule has 0 aliphatic rings. The number of carbonyl (C=O) groups excluding carboxylic acids is 1. The zero-order valence-corrected chi connectivity index (χ0v) is 12.6. The Morgan fingerprint density at radius 3 is 2.57 bits per heavy atom. The van der Waals surface area contributed by atoms with Crippen molar-refractivity contribution in [2.45, 2.75) is 39.2 Å². The molecule has 1 aromatic carbocycles. The first-order valence-corrected chi connectivity index (χ1v) is 7.13. The molecular weight excluding hydrogens is 270 g/mol. The number of Topliss-reactive ketones (excluding diaryl/α,β-unsaturated/α-hetero) is 1. The van der Waals surface area contributed by atoms with Crippen LogP contribution >= 0.6 is 0 Å². The number of aliphatic hydroxyl groups is 1. The number of ketones is 1. The maximum absolute atomic E-state index is 12.6. The van der Waals surface area contributed by atoms with Crippen LogP contribution in [0.4, 0.5) is 0 Å². The van der Waals surface area contributed by atoms with Crippen LogP contribution in [0.3, 0.4) is 0 Å². The topological polar surface area (TPSA) is 86.6 Å². The van der Waals surface area contributed by atoms with Crippen LogP contribution in [0.2, 0.25) is 0 Å². The van der Waals surface area contributed by atoms with Gasteiger partial charge in [0, 0.05) is 18.6 Å². The fraction of sp³-hybridized carbons (Fsp3) is 0.500. The summed E-state index contributed by atoms with van der Waals surface area (Å²) in [6.07, 6.45) is 0.712. The van der Waals surface area contributed by atoms with Crippen molar-refractivity contribution >= 4 is 11.8 Å². The number of hydrogen-bond donors (Lipinski definition) is 3. The standard InChI is InChI=1S/C16H23NO4/c1-11-4-5-13(12(2)10-11)16(21)14(6-7-15(19)20)17-8-3-9-18/h4-5,10,14,17-18H,3,6-9H2,1-2H3,(H,19,20). The van der Waals surface area contributed by atoms with Gasteiger partial charge in [0.05, 0.1) is 6.04 Å². The molecule has 0 saturated heterocycles. The Hall–Kier alpha value is -1.72. The number of carbonyl (C=O) groups is 2. The van der Waals surface area contributed by atoms with Crippen LogP contribution in [0.15, 0.2) is 18.2 Å². The third kappa shape index (κ3) is 5.65. The van der Waals surface area contributed by atoms with E-state index >= 15 is 0 Å². The highest BCUT2D eigenvalue weighted by Crippen LogP contribution is 2.15. The van der Waals surface area contributed by atoms with E-state index in [0.29, 0.717) is 18.5 Å². The second-order valence-electron chi connectivity index (χ2n) is 5.20. The smallest absolute Gasteiger partial charge is 0.303 e. The first-order chi connectivity index (χ1) is 9.95. The normalized spacial score (nSPS) is 12.1. The first-order valence-electron chi connectivity index (χ1n) is 7.13. The van der Waals surface area contributed by atoms with Crippen molar-refractivity contribution in [3.8, 4) is 0 Å². The quantitative estimate of drug-likeness (QED) is 0.476. The molecule has 1 aromatic rings. The highest BCUT2D eigenvalue weighted by Gasteiger charge is 2.21. The van der Waals surface area contributed by atoms with Gasteiger partial charge in [-0.15, -0.1) is 0 Å². The lowest BCUT2D eigenvalue weighted by Crippen LogP contribution is -2.38. The number of aliphatic carboxylic acids is 1. The van der Waals surface area contributed by atoms with Gasteiger partial charge in [0.15, 0.2) is 5.78 Å². The summed E-state index contributed by atoms with van der Waals surface area (Å²) in [5, 5.41) is 20.6. The molecule has 0 aliphatic carbocycles.